The lowest BCUT2D eigenvalue weighted by molar-refractivity contribution is 0.0939. The van der Waals surface area contributed by atoms with Gasteiger partial charge in [0.25, 0.3) is 5.91 Å². The smallest absolute Gasteiger partial charge is 0.251 e. The van der Waals surface area contributed by atoms with Crippen molar-refractivity contribution in [2.24, 2.45) is 11.1 Å². The Hall–Kier alpha value is -1.35. The largest absolute Gasteiger partial charge is 0.352 e. The predicted molar refractivity (Wildman–Crippen MR) is 71.0 cm³/mol. The summed E-state index contributed by atoms with van der Waals surface area (Å²) in [5.74, 6) is -0.0146. The Morgan fingerprint density at radius 1 is 1.24 bits per heavy atom. The van der Waals surface area contributed by atoms with Crippen molar-refractivity contribution in [3.05, 3.63) is 35.4 Å². The molecule has 0 unspecified atom stereocenters. The summed E-state index contributed by atoms with van der Waals surface area (Å²) in [5.41, 5.74) is 7.45. The highest BCUT2D eigenvalue weighted by Crippen LogP contribution is 2.11. The average molecular weight is 234 g/mol. The van der Waals surface area contributed by atoms with Gasteiger partial charge in [-0.15, -0.1) is 0 Å². The molecule has 0 radical (unpaired) electrons. The summed E-state index contributed by atoms with van der Waals surface area (Å²) in [6, 6.07) is 7.61. The average Bonchev–Trinajstić information content (AvgIpc) is 2.26. The highest BCUT2D eigenvalue weighted by molar-refractivity contribution is 5.94. The molecule has 3 N–H and O–H groups in total. The molecule has 0 heterocycles. The molecule has 0 aliphatic rings. The molecule has 0 saturated heterocycles. The van der Waals surface area contributed by atoms with E-state index in [0.717, 1.165) is 6.42 Å². The first kappa shape index (κ1) is 13.7. The van der Waals surface area contributed by atoms with Crippen molar-refractivity contribution >= 4 is 5.91 Å². The molecular weight excluding hydrogens is 212 g/mol. The van der Waals surface area contributed by atoms with Crippen LogP contribution in [0.2, 0.25) is 0 Å². The molecular formula is C14H22N2O. The van der Waals surface area contributed by atoms with Gasteiger partial charge in [-0.2, -0.15) is 0 Å². The van der Waals surface area contributed by atoms with Crippen molar-refractivity contribution in [1.82, 2.24) is 5.32 Å². The third-order valence-electron chi connectivity index (χ3n) is 2.43. The maximum atomic E-state index is 11.8. The number of carbonyl (C=O) groups is 1. The van der Waals surface area contributed by atoms with Gasteiger partial charge in [-0.1, -0.05) is 32.9 Å². The Balaban J connectivity index is 2.57. The fourth-order valence-corrected chi connectivity index (χ4v) is 1.44. The lowest BCUT2D eigenvalue weighted by Gasteiger charge is -2.18. The number of hydrogen-bond acceptors (Lipinski definition) is 2. The van der Waals surface area contributed by atoms with Crippen molar-refractivity contribution in [1.29, 1.82) is 0 Å². The van der Waals surface area contributed by atoms with Crippen LogP contribution in [-0.4, -0.2) is 19.0 Å². The highest BCUT2D eigenvalue weighted by Gasteiger charge is 2.12. The molecule has 3 heteroatoms. The van der Waals surface area contributed by atoms with Crippen LogP contribution in [0.4, 0.5) is 0 Å². The molecule has 1 rings (SSSR count). The Labute approximate surface area is 103 Å². The summed E-state index contributed by atoms with van der Waals surface area (Å²) < 4.78 is 0. The summed E-state index contributed by atoms with van der Waals surface area (Å²) in [6.07, 6.45) is 0.851. The zero-order valence-corrected chi connectivity index (χ0v) is 10.9. The molecule has 1 amide bonds. The van der Waals surface area contributed by atoms with E-state index in [1.807, 2.05) is 24.3 Å². The number of hydrogen-bond donors (Lipinski definition) is 2. The molecule has 0 bridgehead atoms. The molecule has 0 saturated carbocycles. The lowest BCUT2D eigenvalue weighted by atomic mass is 9.97. The lowest BCUT2D eigenvalue weighted by Crippen LogP contribution is -2.32. The van der Waals surface area contributed by atoms with Gasteiger partial charge in [0.15, 0.2) is 0 Å². The van der Waals surface area contributed by atoms with Gasteiger partial charge < -0.3 is 11.1 Å². The minimum absolute atomic E-state index is 0.0146. The molecule has 0 spiro atoms. The Kier molecular flexibility index (Phi) is 4.70. The van der Waals surface area contributed by atoms with Gasteiger partial charge >= 0.3 is 0 Å². The van der Waals surface area contributed by atoms with Gasteiger partial charge in [0.05, 0.1) is 0 Å². The monoisotopic (exact) mass is 234 g/mol. The van der Waals surface area contributed by atoms with Gasteiger partial charge in [-0.3, -0.25) is 4.79 Å². The van der Waals surface area contributed by atoms with Gasteiger partial charge in [-0.05, 0) is 36.1 Å². The van der Waals surface area contributed by atoms with E-state index in [4.69, 9.17) is 5.73 Å². The maximum absolute atomic E-state index is 11.8. The number of benzene rings is 1. The van der Waals surface area contributed by atoms with Crippen LogP contribution in [-0.2, 0) is 6.42 Å². The van der Waals surface area contributed by atoms with Gasteiger partial charge in [0, 0.05) is 12.1 Å². The fourth-order valence-electron chi connectivity index (χ4n) is 1.44. The summed E-state index contributed by atoms with van der Waals surface area (Å²) in [4.78, 5) is 11.8. The van der Waals surface area contributed by atoms with Crippen molar-refractivity contribution in [3.63, 3.8) is 0 Å². The van der Waals surface area contributed by atoms with Crippen LogP contribution in [0.3, 0.4) is 0 Å². The molecule has 3 nitrogen and oxygen atoms in total. The summed E-state index contributed by atoms with van der Waals surface area (Å²) in [7, 11) is 0. The number of carbonyl (C=O) groups excluding carboxylic acids is 1. The van der Waals surface area contributed by atoms with E-state index in [9.17, 15) is 4.79 Å². The second-order valence-corrected chi connectivity index (χ2v) is 5.48. The van der Waals surface area contributed by atoms with Crippen LogP contribution in [0, 0.1) is 5.41 Å². The molecule has 0 aromatic heterocycles. The van der Waals surface area contributed by atoms with Gasteiger partial charge in [0.1, 0.15) is 0 Å². The minimum atomic E-state index is -0.0146. The Bertz CT molecular complexity index is 363. The van der Waals surface area contributed by atoms with E-state index in [1.165, 1.54) is 5.56 Å². The summed E-state index contributed by atoms with van der Waals surface area (Å²) in [6.45, 7) is 7.60. The zero-order chi connectivity index (χ0) is 12.9. The minimum Gasteiger partial charge on any atom is -0.352 e. The van der Waals surface area contributed by atoms with Crippen molar-refractivity contribution in [2.45, 2.75) is 27.2 Å². The topological polar surface area (TPSA) is 55.1 Å². The van der Waals surface area contributed by atoms with Crippen LogP contribution < -0.4 is 11.1 Å². The standard InChI is InChI=1S/C14H22N2O/c1-14(2,3)10-16-13(17)12-6-4-11(5-7-12)8-9-15/h4-7H,8-10,15H2,1-3H3,(H,16,17). The summed E-state index contributed by atoms with van der Waals surface area (Å²) >= 11 is 0. The predicted octanol–water partition coefficient (Wildman–Crippen LogP) is 1.96. The molecule has 0 atom stereocenters. The third-order valence-corrected chi connectivity index (χ3v) is 2.43. The number of nitrogens with one attached hydrogen (secondary N) is 1. The second kappa shape index (κ2) is 5.82. The van der Waals surface area contributed by atoms with Crippen LogP contribution in [0.1, 0.15) is 36.7 Å². The number of amides is 1. The van der Waals surface area contributed by atoms with Gasteiger partial charge in [-0.25, -0.2) is 0 Å². The van der Waals surface area contributed by atoms with E-state index in [2.05, 4.69) is 26.1 Å². The van der Waals surface area contributed by atoms with Crippen molar-refractivity contribution < 1.29 is 4.79 Å². The molecule has 17 heavy (non-hydrogen) atoms. The molecule has 0 aliphatic heterocycles. The van der Waals surface area contributed by atoms with Crippen LogP contribution in [0.5, 0.6) is 0 Å². The van der Waals surface area contributed by atoms with Crippen LogP contribution >= 0.6 is 0 Å². The summed E-state index contributed by atoms with van der Waals surface area (Å²) in [5, 5.41) is 2.93. The van der Waals surface area contributed by atoms with Crippen LogP contribution in [0.15, 0.2) is 24.3 Å². The molecule has 94 valence electrons. The molecule has 1 aromatic rings. The van der Waals surface area contributed by atoms with Gasteiger partial charge in [0.2, 0.25) is 0 Å². The first-order chi connectivity index (χ1) is 7.92. The zero-order valence-electron chi connectivity index (χ0n) is 10.9. The first-order valence-corrected chi connectivity index (χ1v) is 5.99. The van der Waals surface area contributed by atoms with Crippen LogP contribution in [0.25, 0.3) is 0 Å². The molecule has 0 aliphatic carbocycles. The Morgan fingerprint density at radius 3 is 2.29 bits per heavy atom. The first-order valence-electron chi connectivity index (χ1n) is 5.99. The van der Waals surface area contributed by atoms with Crippen molar-refractivity contribution in [2.75, 3.05) is 13.1 Å². The van der Waals surface area contributed by atoms with Crippen molar-refractivity contribution in [3.8, 4) is 0 Å². The number of rotatable bonds is 4. The Morgan fingerprint density at radius 2 is 1.82 bits per heavy atom. The van der Waals surface area contributed by atoms with E-state index in [-0.39, 0.29) is 11.3 Å². The SMILES string of the molecule is CC(C)(C)CNC(=O)c1ccc(CCN)cc1. The maximum Gasteiger partial charge on any atom is 0.251 e. The quantitative estimate of drug-likeness (QED) is 0.836. The second-order valence-electron chi connectivity index (χ2n) is 5.48. The van der Waals surface area contributed by atoms with E-state index >= 15 is 0 Å². The third kappa shape index (κ3) is 5.00. The molecule has 1 aromatic carbocycles. The molecule has 0 fully saturated rings. The fraction of sp³-hybridized carbons (Fsp3) is 0.500. The van der Waals surface area contributed by atoms with E-state index < -0.39 is 0 Å². The normalized spacial score (nSPS) is 11.3. The van der Waals surface area contributed by atoms with E-state index in [0.29, 0.717) is 18.7 Å². The number of nitrogens with two attached hydrogens (primary N) is 1. The van der Waals surface area contributed by atoms with E-state index in [1.54, 1.807) is 0 Å². The highest BCUT2D eigenvalue weighted by atomic mass is 16.1.